The summed E-state index contributed by atoms with van der Waals surface area (Å²) >= 11 is 0. The first-order valence-electron chi connectivity index (χ1n) is 5.52. The number of aromatic nitrogens is 3. The van der Waals surface area contributed by atoms with Gasteiger partial charge >= 0.3 is 0 Å². The third-order valence-corrected chi connectivity index (χ3v) is 2.75. The third kappa shape index (κ3) is 2.31. The van der Waals surface area contributed by atoms with E-state index in [0.29, 0.717) is 5.82 Å². The molecule has 0 aliphatic carbocycles. The number of pyridine rings is 1. The lowest BCUT2D eigenvalue weighted by molar-refractivity contribution is 0.197. The van der Waals surface area contributed by atoms with Gasteiger partial charge in [0.15, 0.2) is 5.82 Å². The van der Waals surface area contributed by atoms with Crippen LogP contribution in [0, 0.1) is 13.8 Å². The molecule has 1 atom stereocenters. The highest BCUT2D eigenvalue weighted by molar-refractivity contribution is 5.58. The van der Waals surface area contributed by atoms with Gasteiger partial charge in [0.1, 0.15) is 0 Å². The molecule has 1 N–H and O–H groups in total. The van der Waals surface area contributed by atoms with Crippen LogP contribution in [0.4, 0.5) is 0 Å². The van der Waals surface area contributed by atoms with E-state index in [1.807, 2.05) is 19.9 Å². The van der Waals surface area contributed by atoms with Gasteiger partial charge in [0.2, 0.25) is 0 Å². The van der Waals surface area contributed by atoms with Crippen molar-refractivity contribution in [2.24, 2.45) is 0 Å². The summed E-state index contributed by atoms with van der Waals surface area (Å²) in [6.07, 6.45) is 4.63. The number of aliphatic hydroxyl groups is 1. The van der Waals surface area contributed by atoms with E-state index >= 15 is 0 Å². The first kappa shape index (κ1) is 11.7. The summed E-state index contributed by atoms with van der Waals surface area (Å²) in [4.78, 5) is 12.8. The Balaban J connectivity index is 2.49. The van der Waals surface area contributed by atoms with Crippen molar-refractivity contribution in [1.82, 2.24) is 15.0 Å². The largest absolute Gasteiger partial charge is 0.389 e. The smallest absolute Gasteiger partial charge is 0.161 e. The van der Waals surface area contributed by atoms with Crippen molar-refractivity contribution in [1.29, 1.82) is 0 Å². The Kier molecular flexibility index (Phi) is 3.15. The Morgan fingerprint density at radius 1 is 1.24 bits per heavy atom. The summed E-state index contributed by atoms with van der Waals surface area (Å²) in [6, 6.07) is 1.93. The predicted octanol–water partition coefficient (Wildman–Crippen LogP) is 2.21. The topological polar surface area (TPSA) is 58.9 Å². The molecule has 2 aromatic rings. The van der Waals surface area contributed by atoms with E-state index in [-0.39, 0.29) is 0 Å². The molecule has 0 unspecified atom stereocenters. The van der Waals surface area contributed by atoms with Gasteiger partial charge in [-0.15, -0.1) is 0 Å². The predicted molar refractivity (Wildman–Crippen MR) is 65.4 cm³/mol. The summed E-state index contributed by atoms with van der Waals surface area (Å²) < 4.78 is 0. The van der Waals surface area contributed by atoms with Crippen LogP contribution in [0.1, 0.15) is 29.8 Å². The molecule has 2 rings (SSSR count). The number of hydrogen-bond acceptors (Lipinski definition) is 4. The molecule has 2 heterocycles. The third-order valence-electron chi connectivity index (χ3n) is 2.75. The van der Waals surface area contributed by atoms with Gasteiger partial charge in [0.05, 0.1) is 6.10 Å². The highest BCUT2D eigenvalue weighted by Crippen LogP contribution is 2.21. The zero-order valence-corrected chi connectivity index (χ0v) is 10.2. The van der Waals surface area contributed by atoms with Crippen LogP contribution >= 0.6 is 0 Å². The Morgan fingerprint density at radius 2 is 2.00 bits per heavy atom. The fourth-order valence-corrected chi connectivity index (χ4v) is 1.71. The maximum Gasteiger partial charge on any atom is 0.161 e. The van der Waals surface area contributed by atoms with Crippen molar-refractivity contribution >= 4 is 0 Å². The minimum atomic E-state index is -0.543. The van der Waals surface area contributed by atoms with Gasteiger partial charge in [-0.05, 0) is 32.4 Å². The lowest BCUT2D eigenvalue weighted by Crippen LogP contribution is -2.02. The van der Waals surface area contributed by atoms with Gasteiger partial charge in [0.25, 0.3) is 0 Å². The number of hydrogen-bond donors (Lipinski definition) is 1. The van der Waals surface area contributed by atoms with Crippen LogP contribution in [0.2, 0.25) is 0 Å². The van der Waals surface area contributed by atoms with Crippen LogP contribution in [-0.4, -0.2) is 20.1 Å². The maximum atomic E-state index is 9.53. The van der Waals surface area contributed by atoms with E-state index < -0.39 is 6.10 Å². The van der Waals surface area contributed by atoms with Crippen LogP contribution in [0.5, 0.6) is 0 Å². The Hall–Kier alpha value is -1.81. The second kappa shape index (κ2) is 4.59. The molecule has 0 fully saturated rings. The lowest BCUT2D eigenvalue weighted by Gasteiger charge is -2.09. The summed E-state index contributed by atoms with van der Waals surface area (Å²) in [5.74, 6) is 0.650. The van der Waals surface area contributed by atoms with Gasteiger partial charge in [0, 0.05) is 35.4 Å². The molecule has 0 aliphatic heterocycles. The average Bonchev–Trinajstić information content (AvgIpc) is 2.29. The SMILES string of the molecule is Cc1ccncc1-c1ncc([C@@H](C)O)c(C)n1. The molecule has 4 nitrogen and oxygen atoms in total. The lowest BCUT2D eigenvalue weighted by atomic mass is 10.1. The molecule has 17 heavy (non-hydrogen) atoms. The number of aliphatic hydroxyl groups excluding tert-OH is 1. The summed E-state index contributed by atoms with van der Waals surface area (Å²) in [5, 5.41) is 9.53. The molecule has 0 spiro atoms. The molecule has 0 aliphatic rings. The minimum absolute atomic E-state index is 0.543. The summed E-state index contributed by atoms with van der Waals surface area (Å²) in [6.45, 7) is 5.58. The van der Waals surface area contributed by atoms with E-state index in [1.54, 1.807) is 25.5 Å². The van der Waals surface area contributed by atoms with Crippen molar-refractivity contribution in [2.75, 3.05) is 0 Å². The second-order valence-electron chi connectivity index (χ2n) is 4.10. The molecule has 0 bridgehead atoms. The van der Waals surface area contributed by atoms with Crippen LogP contribution < -0.4 is 0 Å². The summed E-state index contributed by atoms with van der Waals surface area (Å²) in [5.41, 5.74) is 3.57. The first-order chi connectivity index (χ1) is 8.09. The van der Waals surface area contributed by atoms with Gasteiger partial charge in [-0.1, -0.05) is 0 Å². The zero-order valence-electron chi connectivity index (χ0n) is 10.2. The summed E-state index contributed by atoms with van der Waals surface area (Å²) in [7, 11) is 0. The van der Waals surface area contributed by atoms with Crippen molar-refractivity contribution in [3.8, 4) is 11.4 Å². The normalized spacial score (nSPS) is 12.5. The molecular formula is C13H15N3O. The van der Waals surface area contributed by atoms with Gasteiger partial charge < -0.3 is 5.11 Å². The minimum Gasteiger partial charge on any atom is -0.389 e. The number of aryl methyl sites for hydroxylation is 2. The van der Waals surface area contributed by atoms with E-state index in [4.69, 9.17) is 0 Å². The van der Waals surface area contributed by atoms with E-state index in [2.05, 4.69) is 15.0 Å². The Bertz CT molecular complexity index is 538. The van der Waals surface area contributed by atoms with Crippen LogP contribution in [-0.2, 0) is 0 Å². The van der Waals surface area contributed by atoms with E-state index in [9.17, 15) is 5.11 Å². The standard InChI is InChI=1S/C13H15N3O/c1-8-4-5-14-6-11(8)13-15-7-12(10(3)17)9(2)16-13/h4-7,10,17H,1-3H3/t10-/m1/s1. The van der Waals surface area contributed by atoms with Crippen LogP contribution in [0.3, 0.4) is 0 Å². The van der Waals surface area contributed by atoms with E-state index in [1.165, 1.54) is 0 Å². The van der Waals surface area contributed by atoms with Crippen molar-refractivity contribution in [3.05, 3.63) is 41.5 Å². The highest BCUT2D eigenvalue weighted by Gasteiger charge is 2.10. The second-order valence-corrected chi connectivity index (χ2v) is 4.10. The molecule has 2 aromatic heterocycles. The first-order valence-corrected chi connectivity index (χ1v) is 5.52. The van der Waals surface area contributed by atoms with Crippen LogP contribution in [0.15, 0.2) is 24.7 Å². The fourth-order valence-electron chi connectivity index (χ4n) is 1.71. The fraction of sp³-hybridized carbons (Fsp3) is 0.308. The molecule has 88 valence electrons. The number of nitrogens with zero attached hydrogens (tertiary/aromatic N) is 3. The van der Waals surface area contributed by atoms with Crippen molar-refractivity contribution < 1.29 is 5.11 Å². The Morgan fingerprint density at radius 3 is 2.59 bits per heavy atom. The molecular weight excluding hydrogens is 214 g/mol. The van der Waals surface area contributed by atoms with Gasteiger partial charge in [-0.3, -0.25) is 4.98 Å². The van der Waals surface area contributed by atoms with Gasteiger partial charge in [-0.2, -0.15) is 0 Å². The quantitative estimate of drug-likeness (QED) is 0.857. The average molecular weight is 229 g/mol. The van der Waals surface area contributed by atoms with E-state index in [0.717, 1.165) is 22.4 Å². The van der Waals surface area contributed by atoms with Gasteiger partial charge in [-0.25, -0.2) is 9.97 Å². The van der Waals surface area contributed by atoms with Crippen molar-refractivity contribution in [2.45, 2.75) is 26.9 Å². The molecule has 0 amide bonds. The number of rotatable bonds is 2. The Labute approximate surface area is 100 Å². The van der Waals surface area contributed by atoms with Crippen LogP contribution in [0.25, 0.3) is 11.4 Å². The molecule has 4 heteroatoms. The molecule has 0 saturated heterocycles. The molecule has 0 radical (unpaired) electrons. The van der Waals surface area contributed by atoms with Crippen molar-refractivity contribution in [3.63, 3.8) is 0 Å². The zero-order chi connectivity index (χ0) is 12.4. The molecule has 0 aromatic carbocycles. The highest BCUT2D eigenvalue weighted by atomic mass is 16.3. The molecule has 0 saturated carbocycles. The maximum absolute atomic E-state index is 9.53. The monoisotopic (exact) mass is 229 g/mol.